The molecule has 0 unspecified atom stereocenters. The van der Waals surface area contributed by atoms with Gasteiger partial charge in [-0.25, -0.2) is 9.37 Å². The zero-order valence-corrected chi connectivity index (χ0v) is 7.03. The van der Waals surface area contributed by atoms with Crippen molar-refractivity contribution in [3.8, 4) is 0 Å². The van der Waals surface area contributed by atoms with Crippen LogP contribution in [0.5, 0.6) is 0 Å². The van der Waals surface area contributed by atoms with Crippen molar-refractivity contribution in [3.05, 3.63) is 23.9 Å². The summed E-state index contributed by atoms with van der Waals surface area (Å²) < 4.78 is 12.1. The van der Waals surface area contributed by atoms with E-state index in [-0.39, 0.29) is 0 Å². The van der Waals surface area contributed by atoms with Crippen LogP contribution in [-0.2, 0) is 11.2 Å². The number of aromatic nitrogens is 1. The van der Waals surface area contributed by atoms with E-state index in [0.717, 1.165) is 12.0 Å². The van der Waals surface area contributed by atoms with E-state index in [0.29, 0.717) is 12.4 Å². The average molecular weight is 180 g/mol. The van der Waals surface area contributed by atoms with Crippen LogP contribution in [0.4, 0.5) is 10.2 Å². The molecule has 0 radical (unpaired) electrons. The molecule has 0 fully saturated rings. The van der Waals surface area contributed by atoms with E-state index in [2.05, 4.69) is 4.98 Å². The number of pyridine rings is 1. The van der Waals surface area contributed by atoms with E-state index in [1.54, 1.807) is 6.20 Å². The first kappa shape index (κ1) is 8.16. The first-order chi connectivity index (χ1) is 6.33. The van der Waals surface area contributed by atoms with Gasteiger partial charge in [-0.3, -0.25) is 9.69 Å². The van der Waals surface area contributed by atoms with Crippen molar-refractivity contribution < 1.29 is 9.18 Å². The fraction of sp³-hybridized carbons (Fsp3) is 0.333. The van der Waals surface area contributed by atoms with Crippen LogP contribution in [-0.4, -0.2) is 24.1 Å². The van der Waals surface area contributed by atoms with Crippen LogP contribution in [0, 0.1) is 0 Å². The standard InChI is InChI=1S/C9H9FN2O/c10-6-8(13)12-5-3-7-2-1-4-11-9(7)12/h1-2,4H,3,5-6H2. The van der Waals surface area contributed by atoms with Gasteiger partial charge in [0.2, 0.25) is 0 Å². The summed E-state index contributed by atoms with van der Waals surface area (Å²) in [4.78, 5) is 16.5. The molecule has 2 heterocycles. The topological polar surface area (TPSA) is 33.2 Å². The molecule has 3 nitrogen and oxygen atoms in total. The molecule has 1 aliphatic heterocycles. The second kappa shape index (κ2) is 3.12. The minimum atomic E-state index is -0.948. The molecule has 0 saturated carbocycles. The van der Waals surface area contributed by atoms with Gasteiger partial charge < -0.3 is 0 Å². The number of carbonyl (C=O) groups is 1. The smallest absolute Gasteiger partial charge is 0.259 e. The third-order valence-electron chi connectivity index (χ3n) is 2.14. The number of carbonyl (C=O) groups excluding carboxylic acids is 1. The molecule has 0 aromatic carbocycles. The number of hydrogen-bond donors (Lipinski definition) is 0. The number of hydrogen-bond acceptors (Lipinski definition) is 2. The molecule has 1 aromatic rings. The number of alkyl halides is 1. The van der Waals surface area contributed by atoms with Crippen LogP contribution in [0.15, 0.2) is 18.3 Å². The van der Waals surface area contributed by atoms with E-state index < -0.39 is 12.6 Å². The first-order valence-electron chi connectivity index (χ1n) is 4.13. The molecule has 1 aromatic heterocycles. The number of nitrogens with zero attached hydrogens (tertiary/aromatic N) is 2. The summed E-state index contributed by atoms with van der Waals surface area (Å²) in [5, 5.41) is 0. The SMILES string of the molecule is O=C(CF)N1CCc2cccnc21. The first-order valence-corrected chi connectivity index (χ1v) is 4.13. The lowest BCUT2D eigenvalue weighted by Gasteiger charge is -2.13. The molecule has 0 saturated heterocycles. The summed E-state index contributed by atoms with van der Waals surface area (Å²) in [5.41, 5.74) is 1.02. The Hall–Kier alpha value is -1.45. The van der Waals surface area contributed by atoms with Crippen molar-refractivity contribution in [2.45, 2.75) is 6.42 Å². The Balaban J connectivity index is 2.33. The maximum Gasteiger partial charge on any atom is 0.259 e. The Morgan fingerprint density at radius 2 is 2.54 bits per heavy atom. The zero-order valence-electron chi connectivity index (χ0n) is 7.03. The largest absolute Gasteiger partial charge is 0.294 e. The predicted octanol–water partition coefficient (Wildman–Crippen LogP) is 0.940. The van der Waals surface area contributed by atoms with Gasteiger partial charge in [-0.1, -0.05) is 6.07 Å². The highest BCUT2D eigenvalue weighted by molar-refractivity contribution is 5.95. The second-order valence-corrected chi connectivity index (χ2v) is 2.92. The summed E-state index contributed by atoms with van der Waals surface area (Å²) in [6.45, 7) is -0.398. The minimum Gasteiger partial charge on any atom is -0.294 e. The lowest BCUT2D eigenvalue weighted by atomic mass is 10.2. The van der Waals surface area contributed by atoms with Gasteiger partial charge in [0.05, 0.1) is 0 Å². The number of fused-ring (bicyclic) bond motifs is 1. The number of amides is 1. The molecule has 13 heavy (non-hydrogen) atoms. The maximum absolute atomic E-state index is 12.1. The highest BCUT2D eigenvalue weighted by atomic mass is 19.1. The van der Waals surface area contributed by atoms with Crippen molar-refractivity contribution in [1.82, 2.24) is 4.98 Å². The molecular formula is C9H9FN2O. The van der Waals surface area contributed by atoms with Crippen molar-refractivity contribution in [1.29, 1.82) is 0 Å². The Bertz CT molecular complexity index is 340. The summed E-state index contributed by atoms with van der Waals surface area (Å²) in [5.74, 6) is 0.114. The predicted molar refractivity (Wildman–Crippen MR) is 46.3 cm³/mol. The molecule has 0 spiro atoms. The molecule has 0 bridgehead atoms. The monoisotopic (exact) mass is 180 g/mol. The molecule has 0 N–H and O–H groups in total. The zero-order chi connectivity index (χ0) is 9.26. The Labute approximate surface area is 75.2 Å². The Morgan fingerprint density at radius 3 is 3.31 bits per heavy atom. The summed E-state index contributed by atoms with van der Waals surface area (Å²) in [7, 11) is 0. The summed E-state index contributed by atoms with van der Waals surface area (Å²) >= 11 is 0. The van der Waals surface area contributed by atoms with Crippen molar-refractivity contribution in [2.75, 3.05) is 18.1 Å². The van der Waals surface area contributed by atoms with Crippen LogP contribution < -0.4 is 4.90 Å². The van der Waals surface area contributed by atoms with Gasteiger partial charge in [0.1, 0.15) is 5.82 Å². The Kier molecular flexibility index (Phi) is 1.96. The molecule has 0 aliphatic carbocycles. The molecule has 2 rings (SSSR count). The van der Waals surface area contributed by atoms with Crippen LogP contribution >= 0.6 is 0 Å². The van der Waals surface area contributed by atoms with E-state index in [1.807, 2.05) is 12.1 Å². The lowest BCUT2D eigenvalue weighted by molar-refractivity contribution is -0.119. The van der Waals surface area contributed by atoms with Crippen molar-refractivity contribution in [3.63, 3.8) is 0 Å². The lowest BCUT2D eigenvalue weighted by Crippen LogP contribution is -2.30. The van der Waals surface area contributed by atoms with E-state index >= 15 is 0 Å². The highest BCUT2D eigenvalue weighted by Gasteiger charge is 2.24. The highest BCUT2D eigenvalue weighted by Crippen LogP contribution is 2.24. The third-order valence-corrected chi connectivity index (χ3v) is 2.14. The van der Waals surface area contributed by atoms with Gasteiger partial charge in [0, 0.05) is 12.7 Å². The van der Waals surface area contributed by atoms with E-state index in [9.17, 15) is 9.18 Å². The molecule has 1 amide bonds. The maximum atomic E-state index is 12.1. The van der Waals surface area contributed by atoms with Crippen LogP contribution in [0.3, 0.4) is 0 Å². The number of anilines is 1. The van der Waals surface area contributed by atoms with Crippen LogP contribution in [0.25, 0.3) is 0 Å². The van der Waals surface area contributed by atoms with Gasteiger partial charge >= 0.3 is 0 Å². The van der Waals surface area contributed by atoms with Gasteiger partial charge in [-0.15, -0.1) is 0 Å². The number of halogens is 1. The molecule has 68 valence electrons. The van der Waals surface area contributed by atoms with Gasteiger partial charge in [-0.2, -0.15) is 0 Å². The average Bonchev–Trinajstić information content (AvgIpc) is 2.60. The fourth-order valence-corrected chi connectivity index (χ4v) is 1.52. The summed E-state index contributed by atoms with van der Waals surface area (Å²) in [6.07, 6.45) is 2.39. The molecule has 4 heteroatoms. The third kappa shape index (κ3) is 1.28. The van der Waals surface area contributed by atoms with Gasteiger partial charge in [0.25, 0.3) is 5.91 Å². The molecule has 1 aliphatic rings. The van der Waals surface area contributed by atoms with E-state index in [1.165, 1.54) is 4.90 Å². The number of rotatable bonds is 1. The summed E-state index contributed by atoms with van der Waals surface area (Å²) in [6, 6.07) is 3.73. The van der Waals surface area contributed by atoms with Crippen molar-refractivity contribution in [2.24, 2.45) is 0 Å². The van der Waals surface area contributed by atoms with Crippen LogP contribution in [0.2, 0.25) is 0 Å². The molecule has 0 atom stereocenters. The van der Waals surface area contributed by atoms with E-state index in [4.69, 9.17) is 0 Å². The molecular weight excluding hydrogens is 171 g/mol. The minimum absolute atomic E-state index is 0.502. The van der Waals surface area contributed by atoms with Gasteiger partial charge in [-0.05, 0) is 18.1 Å². The van der Waals surface area contributed by atoms with Gasteiger partial charge in [0.15, 0.2) is 6.67 Å². The normalized spacial score (nSPS) is 14.4. The van der Waals surface area contributed by atoms with Crippen molar-refractivity contribution >= 4 is 11.7 Å². The Morgan fingerprint density at radius 1 is 1.69 bits per heavy atom. The fourth-order valence-electron chi connectivity index (χ4n) is 1.52. The second-order valence-electron chi connectivity index (χ2n) is 2.92. The van der Waals surface area contributed by atoms with Crippen LogP contribution in [0.1, 0.15) is 5.56 Å². The quantitative estimate of drug-likeness (QED) is 0.644.